The third kappa shape index (κ3) is 5.25. The maximum atomic E-state index is 6.14. The summed E-state index contributed by atoms with van der Waals surface area (Å²) in [5.74, 6) is 1.63. The highest BCUT2D eigenvalue weighted by atomic mass is 16.5. The van der Waals surface area contributed by atoms with Crippen molar-refractivity contribution in [3.63, 3.8) is 0 Å². The number of piperidine rings is 1. The van der Waals surface area contributed by atoms with Crippen molar-refractivity contribution in [3.05, 3.63) is 60.2 Å². The predicted molar refractivity (Wildman–Crippen MR) is 160 cm³/mol. The van der Waals surface area contributed by atoms with E-state index in [1.54, 1.807) is 0 Å². The molecule has 0 amide bonds. The Morgan fingerprint density at radius 2 is 1.73 bits per heavy atom. The molecule has 8 heteroatoms. The highest BCUT2D eigenvalue weighted by molar-refractivity contribution is 6.05. The minimum atomic E-state index is -0.102. The van der Waals surface area contributed by atoms with Gasteiger partial charge in [0.05, 0.1) is 11.2 Å². The molecule has 0 saturated carbocycles. The molecule has 2 fully saturated rings. The van der Waals surface area contributed by atoms with Gasteiger partial charge in [0.15, 0.2) is 12.0 Å². The van der Waals surface area contributed by atoms with Crippen molar-refractivity contribution in [1.82, 2.24) is 20.0 Å². The number of aromatic amines is 1. The Morgan fingerprint density at radius 1 is 0.900 bits per heavy atom. The molecule has 0 spiro atoms. The van der Waals surface area contributed by atoms with Gasteiger partial charge < -0.3 is 4.74 Å². The van der Waals surface area contributed by atoms with Gasteiger partial charge in [-0.05, 0) is 99.4 Å². The lowest BCUT2D eigenvalue weighted by molar-refractivity contribution is 0.133. The molecule has 0 bridgehead atoms. The van der Waals surface area contributed by atoms with Crippen LogP contribution in [-0.4, -0.2) is 77.4 Å². The molecular weight excluding hydrogens is 498 g/mol. The zero-order valence-electron chi connectivity index (χ0n) is 23.2. The van der Waals surface area contributed by atoms with E-state index in [2.05, 4.69) is 85.7 Å². The summed E-state index contributed by atoms with van der Waals surface area (Å²) >= 11 is 0. The first-order chi connectivity index (χ1) is 19.7. The first-order valence-corrected chi connectivity index (χ1v) is 14.8. The summed E-state index contributed by atoms with van der Waals surface area (Å²) < 4.78 is 6.14. The van der Waals surface area contributed by atoms with Gasteiger partial charge in [-0.3, -0.25) is 14.9 Å². The molecule has 3 aromatic carbocycles. The molecule has 0 aliphatic carbocycles. The lowest BCUT2D eigenvalue weighted by Crippen LogP contribution is -2.39. The number of rotatable bonds is 8. The van der Waals surface area contributed by atoms with Crippen LogP contribution in [0.3, 0.4) is 0 Å². The standard InChI is InChI=1S/C32H37N7O/c1-22-6-2-3-15-39(22)16-17-40-27-11-9-23-18-25(8-7-24(23)19-27)31-28-20-26(10-12-29(28)34-36-31)32-33-30(35-37-32)21-38-13-4-5-14-38/h7-12,18-20,22,30H,2-6,13-17,21H2,1H3,(H,34,36)/t22-,30?/m0/s1. The molecule has 3 aliphatic rings. The fraction of sp³-hybridized carbons (Fsp3) is 0.438. The first-order valence-electron chi connectivity index (χ1n) is 14.8. The summed E-state index contributed by atoms with van der Waals surface area (Å²) in [5.41, 5.74) is 3.98. The lowest BCUT2D eigenvalue weighted by atomic mass is 10.0. The number of aromatic nitrogens is 2. The predicted octanol–water partition coefficient (Wildman–Crippen LogP) is 6.27. The van der Waals surface area contributed by atoms with E-state index < -0.39 is 0 Å². The monoisotopic (exact) mass is 535 g/mol. The third-order valence-corrected chi connectivity index (χ3v) is 8.67. The van der Waals surface area contributed by atoms with Crippen LogP contribution in [-0.2, 0) is 0 Å². The Bertz CT molecular complexity index is 1570. The number of aliphatic imine (C=N–C) groups is 1. The van der Waals surface area contributed by atoms with E-state index in [4.69, 9.17) is 9.73 Å². The molecule has 0 radical (unpaired) electrons. The summed E-state index contributed by atoms with van der Waals surface area (Å²) in [6, 6.07) is 19.8. The van der Waals surface area contributed by atoms with Gasteiger partial charge in [0, 0.05) is 35.6 Å². The number of likely N-dealkylation sites (tertiary alicyclic amines) is 2. The van der Waals surface area contributed by atoms with Gasteiger partial charge in [0.1, 0.15) is 12.4 Å². The van der Waals surface area contributed by atoms with Crippen LogP contribution in [0, 0.1) is 0 Å². The van der Waals surface area contributed by atoms with E-state index in [1.807, 2.05) is 6.07 Å². The summed E-state index contributed by atoms with van der Waals surface area (Å²) in [7, 11) is 0. The third-order valence-electron chi connectivity index (χ3n) is 8.67. The Kier molecular flexibility index (Phi) is 7.04. The number of benzene rings is 3. The maximum absolute atomic E-state index is 6.14. The zero-order valence-corrected chi connectivity index (χ0v) is 23.2. The van der Waals surface area contributed by atoms with Crippen LogP contribution < -0.4 is 4.74 Å². The average Bonchev–Trinajstić information content (AvgIpc) is 3.75. The molecule has 4 heterocycles. The molecular formula is C32H37N7O. The first kappa shape index (κ1) is 25.4. The number of amidine groups is 1. The molecule has 7 rings (SSSR count). The van der Waals surface area contributed by atoms with E-state index in [0.717, 1.165) is 71.6 Å². The number of nitrogens with one attached hydrogen (secondary N) is 1. The molecule has 40 heavy (non-hydrogen) atoms. The Balaban J connectivity index is 1.07. The zero-order chi connectivity index (χ0) is 26.9. The fourth-order valence-corrected chi connectivity index (χ4v) is 6.32. The topological polar surface area (TPSA) is 81.5 Å². The molecule has 206 valence electrons. The Labute approximate surface area is 235 Å². The highest BCUT2D eigenvalue weighted by Crippen LogP contribution is 2.31. The lowest BCUT2D eigenvalue weighted by Gasteiger charge is -2.33. The molecule has 2 saturated heterocycles. The molecule has 1 N–H and O–H groups in total. The van der Waals surface area contributed by atoms with Crippen LogP contribution in [0.25, 0.3) is 32.9 Å². The minimum Gasteiger partial charge on any atom is -0.492 e. The van der Waals surface area contributed by atoms with Crippen LogP contribution >= 0.6 is 0 Å². The van der Waals surface area contributed by atoms with Crippen molar-refractivity contribution in [1.29, 1.82) is 0 Å². The summed E-state index contributed by atoms with van der Waals surface area (Å²) in [4.78, 5) is 9.79. The number of azo groups is 1. The second kappa shape index (κ2) is 11.1. The summed E-state index contributed by atoms with van der Waals surface area (Å²) in [6.45, 7) is 8.35. The van der Waals surface area contributed by atoms with E-state index in [0.29, 0.717) is 11.9 Å². The van der Waals surface area contributed by atoms with Crippen LogP contribution in [0.5, 0.6) is 5.75 Å². The normalized spacial score (nSPS) is 22.0. The van der Waals surface area contributed by atoms with Gasteiger partial charge in [-0.1, -0.05) is 24.6 Å². The van der Waals surface area contributed by atoms with Gasteiger partial charge in [0.2, 0.25) is 0 Å². The molecule has 1 unspecified atom stereocenters. The smallest absolute Gasteiger partial charge is 0.179 e. The Hall–Kier alpha value is -3.62. The number of hydrogen-bond acceptors (Lipinski definition) is 7. The van der Waals surface area contributed by atoms with Gasteiger partial charge in [-0.15, -0.1) is 5.11 Å². The average molecular weight is 536 g/mol. The molecule has 1 aromatic heterocycles. The number of nitrogens with zero attached hydrogens (tertiary/aromatic N) is 6. The minimum absolute atomic E-state index is 0.102. The van der Waals surface area contributed by atoms with E-state index in [9.17, 15) is 0 Å². The van der Waals surface area contributed by atoms with Gasteiger partial charge in [-0.25, -0.2) is 4.99 Å². The summed E-state index contributed by atoms with van der Waals surface area (Å²) in [6.07, 6.45) is 6.37. The van der Waals surface area contributed by atoms with Gasteiger partial charge in [-0.2, -0.15) is 10.2 Å². The second-order valence-corrected chi connectivity index (χ2v) is 11.4. The van der Waals surface area contributed by atoms with E-state index in [1.165, 1.54) is 44.0 Å². The van der Waals surface area contributed by atoms with Crippen LogP contribution in [0.1, 0.15) is 44.6 Å². The molecule has 4 aromatic rings. The fourth-order valence-electron chi connectivity index (χ4n) is 6.32. The summed E-state index contributed by atoms with van der Waals surface area (Å²) in [5, 5.41) is 20.1. The van der Waals surface area contributed by atoms with Gasteiger partial charge in [0.25, 0.3) is 0 Å². The van der Waals surface area contributed by atoms with Crippen molar-refractivity contribution in [3.8, 4) is 17.0 Å². The van der Waals surface area contributed by atoms with Crippen molar-refractivity contribution >= 4 is 27.5 Å². The molecule has 2 atom stereocenters. The van der Waals surface area contributed by atoms with Crippen LogP contribution in [0.2, 0.25) is 0 Å². The second-order valence-electron chi connectivity index (χ2n) is 11.4. The molecule has 3 aliphatic heterocycles. The maximum Gasteiger partial charge on any atom is 0.179 e. The Morgan fingerprint density at radius 3 is 2.62 bits per heavy atom. The largest absolute Gasteiger partial charge is 0.492 e. The quantitative estimate of drug-likeness (QED) is 0.288. The van der Waals surface area contributed by atoms with Crippen molar-refractivity contribution < 1.29 is 4.74 Å². The van der Waals surface area contributed by atoms with Crippen molar-refractivity contribution in [2.75, 3.05) is 39.3 Å². The van der Waals surface area contributed by atoms with Crippen molar-refractivity contribution in [2.45, 2.75) is 51.2 Å². The van der Waals surface area contributed by atoms with Gasteiger partial charge >= 0.3 is 0 Å². The highest BCUT2D eigenvalue weighted by Gasteiger charge is 2.22. The van der Waals surface area contributed by atoms with Crippen LogP contribution in [0.15, 0.2) is 69.8 Å². The SMILES string of the molecule is C[C@H]1CCCCN1CCOc1ccc2cc(-c3n[nH]c4ccc(C5=NC(CN6CCCC6)N=N5)cc34)ccc2c1. The van der Waals surface area contributed by atoms with Crippen LogP contribution in [0.4, 0.5) is 0 Å². The van der Waals surface area contributed by atoms with E-state index in [-0.39, 0.29) is 6.17 Å². The number of hydrogen-bond donors (Lipinski definition) is 1. The number of fused-ring (bicyclic) bond motifs is 2. The number of ether oxygens (including phenoxy) is 1. The molecule has 8 nitrogen and oxygen atoms in total. The van der Waals surface area contributed by atoms with E-state index >= 15 is 0 Å². The number of H-pyrrole nitrogens is 1. The van der Waals surface area contributed by atoms with Crippen molar-refractivity contribution in [2.24, 2.45) is 15.2 Å².